The fraction of sp³-hybridized carbons (Fsp3) is 0.105. The average molecular weight is 292 g/mol. The molecule has 3 nitrogen and oxygen atoms in total. The van der Waals surface area contributed by atoms with E-state index in [1.807, 2.05) is 48.6 Å². The smallest absolute Gasteiger partial charge is 0.227 e. The van der Waals surface area contributed by atoms with Crippen LogP contribution in [0.4, 0.5) is 0 Å². The quantitative estimate of drug-likeness (QED) is 0.837. The van der Waals surface area contributed by atoms with E-state index < -0.39 is 0 Å². The van der Waals surface area contributed by atoms with Gasteiger partial charge in [-0.1, -0.05) is 60.7 Å². The Labute approximate surface area is 128 Å². The maximum atomic E-state index is 12.0. The van der Waals surface area contributed by atoms with Gasteiger partial charge >= 0.3 is 0 Å². The first-order chi connectivity index (χ1) is 10.8. The molecule has 1 aromatic carbocycles. The standard InChI is InChI=1S/C19H16O3/c20-18-12-17(11-10-15-6-4-5-7-15)21-14-19(18)22-13-16-8-2-1-3-9-16/h1-12,14-15H,13H2/b11-10+. The van der Waals surface area contributed by atoms with Crippen molar-refractivity contribution >= 4 is 6.08 Å². The lowest BCUT2D eigenvalue weighted by atomic mass is 10.1. The normalized spacial score (nSPS) is 14.0. The summed E-state index contributed by atoms with van der Waals surface area (Å²) in [5.41, 5.74) is 0.824. The van der Waals surface area contributed by atoms with Crippen LogP contribution in [0.5, 0.6) is 5.75 Å². The van der Waals surface area contributed by atoms with Crippen LogP contribution in [0.25, 0.3) is 6.08 Å². The Hall–Kier alpha value is -2.81. The minimum absolute atomic E-state index is 0.181. The fourth-order valence-electron chi connectivity index (χ4n) is 2.13. The lowest BCUT2D eigenvalue weighted by molar-refractivity contribution is 0.291. The van der Waals surface area contributed by atoms with Gasteiger partial charge in [0.2, 0.25) is 11.2 Å². The van der Waals surface area contributed by atoms with E-state index in [1.54, 1.807) is 6.08 Å². The highest BCUT2D eigenvalue weighted by molar-refractivity contribution is 5.45. The number of ether oxygens (including phenoxy) is 1. The van der Waals surface area contributed by atoms with Crippen molar-refractivity contribution in [1.29, 1.82) is 0 Å². The van der Waals surface area contributed by atoms with Crippen LogP contribution < -0.4 is 10.2 Å². The molecule has 0 saturated heterocycles. The van der Waals surface area contributed by atoms with E-state index in [0.29, 0.717) is 12.4 Å². The second kappa shape index (κ2) is 6.76. The minimum atomic E-state index is -0.181. The molecule has 1 aromatic heterocycles. The molecule has 0 aliphatic heterocycles. The Kier molecular flexibility index (Phi) is 4.35. The average Bonchev–Trinajstić information content (AvgIpc) is 3.06. The van der Waals surface area contributed by atoms with Gasteiger partial charge in [-0.15, -0.1) is 0 Å². The van der Waals surface area contributed by atoms with Gasteiger partial charge in [0.1, 0.15) is 18.6 Å². The molecule has 3 heteroatoms. The minimum Gasteiger partial charge on any atom is -0.482 e. The van der Waals surface area contributed by atoms with Crippen LogP contribution in [-0.4, -0.2) is 0 Å². The summed E-state index contributed by atoms with van der Waals surface area (Å²) in [7, 11) is 0. The molecule has 1 heterocycles. The molecule has 0 N–H and O–H groups in total. The zero-order chi connectivity index (χ0) is 15.2. The second-order valence-corrected chi connectivity index (χ2v) is 4.99. The third kappa shape index (κ3) is 3.64. The molecule has 0 atom stereocenters. The number of hydrogen-bond acceptors (Lipinski definition) is 3. The highest BCUT2D eigenvalue weighted by Crippen LogP contribution is 2.14. The second-order valence-electron chi connectivity index (χ2n) is 4.99. The molecule has 0 spiro atoms. The summed E-state index contributed by atoms with van der Waals surface area (Å²) in [6, 6.07) is 11.1. The predicted molar refractivity (Wildman–Crippen MR) is 86.6 cm³/mol. The van der Waals surface area contributed by atoms with Crippen LogP contribution in [-0.2, 0) is 6.61 Å². The van der Waals surface area contributed by atoms with Gasteiger partial charge in [-0.3, -0.25) is 4.79 Å². The number of allylic oxidation sites excluding steroid dienone is 5. The van der Waals surface area contributed by atoms with Crippen LogP contribution >= 0.6 is 0 Å². The van der Waals surface area contributed by atoms with E-state index in [0.717, 1.165) is 5.56 Å². The topological polar surface area (TPSA) is 39.4 Å². The Morgan fingerprint density at radius 1 is 1.14 bits per heavy atom. The van der Waals surface area contributed by atoms with Crippen molar-refractivity contribution < 1.29 is 9.15 Å². The van der Waals surface area contributed by atoms with Gasteiger partial charge in [0.25, 0.3) is 0 Å². The molecule has 0 amide bonds. The monoisotopic (exact) mass is 292 g/mol. The molecular formula is C19H16O3. The van der Waals surface area contributed by atoms with Gasteiger partial charge in [0, 0.05) is 12.0 Å². The van der Waals surface area contributed by atoms with Crippen LogP contribution in [0.1, 0.15) is 11.3 Å². The van der Waals surface area contributed by atoms with Crippen LogP contribution in [0.2, 0.25) is 0 Å². The molecule has 1 aliphatic carbocycles. The predicted octanol–water partition coefficient (Wildman–Crippen LogP) is 3.97. The van der Waals surface area contributed by atoms with Crippen LogP contribution in [0.3, 0.4) is 0 Å². The Bertz CT molecular complexity index is 755. The highest BCUT2D eigenvalue weighted by Gasteiger charge is 2.04. The number of rotatable bonds is 5. The van der Waals surface area contributed by atoms with Gasteiger partial charge in [0.05, 0.1) is 0 Å². The van der Waals surface area contributed by atoms with E-state index in [-0.39, 0.29) is 17.1 Å². The maximum absolute atomic E-state index is 12.0. The molecule has 2 aromatic rings. The summed E-state index contributed by atoms with van der Waals surface area (Å²) in [6.07, 6.45) is 13.2. The molecule has 22 heavy (non-hydrogen) atoms. The van der Waals surface area contributed by atoms with Gasteiger partial charge in [0.15, 0.2) is 0 Å². The van der Waals surface area contributed by atoms with Gasteiger partial charge < -0.3 is 9.15 Å². The van der Waals surface area contributed by atoms with Crippen molar-refractivity contribution in [3.63, 3.8) is 0 Å². The highest BCUT2D eigenvalue weighted by atomic mass is 16.5. The van der Waals surface area contributed by atoms with Gasteiger partial charge in [-0.05, 0) is 11.6 Å². The van der Waals surface area contributed by atoms with Crippen LogP contribution in [0.15, 0.2) is 82.3 Å². The zero-order valence-corrected chi connectivity index (χ0v) is 12.0. The molecule has 0 unspecified atom stereocenters. The van der Waals surface area contributed by atoms with Crippen molar-refractivity contribution in [2.75, 3.05) is 0 Å². The zero-order valence-electron chi connectivity index (χ0n) is 12.0. The van der Waals surface area contributed by atoms with E-state index >= 15 is 0 Å². The molecule has 0 fully saturated rings. The van der Waals surface area contributed by atoms with E-state index in [1.165, 1.54) is 12.3 Å². The third-order valence-corrected chi connectivity index (χ3v) is 3.32. The Balaban J connectivity index is 1.65. The summed E-state index contributed by atoms with van der Waals surface area (Å²) in [4.78, 5) is 12.0. The fourth-order valence-corrected chi connectivity index (χ4v) is 2.13. The molecule has 0 radical (unpaired) electrons. The molecule has 0 saturated carbocycles. The third-order valence-electron chi connectivity index (χ3n) is 3.32. The van der Waals surface area contributed by atoms with Gasteiger partial charge in [-0.25, -0.2) is 0 Å². The molecule has 0 bridgehead atoms. The van der Waals surface area contributed by atoms with Crippen molar-refractivity contribution in [3.8, 4) is 5.75 Å². The van der Waals surface area contributed by atoms with Crippen molar-refractivity contribution in [2.45, 2.75) is 6.61 Å². The largest absolute Gasteiger partial charge is 0.482 e. The van der Waals surface area contributed by atoms with Crippen molar-refractivity contribution in [1.82, 2.24) is 0 Å². The summed E-state index contributed by atoms with van der Waals surface area (Å²) >= 11 is 0. The summed E-state index contributed by atoms with van der Waals surface area (Å²) in [5.74, 6) is 1.01. The van der Waals surface area contributed by atoms with Crippen LogP contribution in [0, 0.1) is 5.92 Å². The number of hydrogen-bond donors (Lipinski definition) is 0. The van der Waals surface area contributed by atoms with E-state index in [9.17, 15) is 4.79 Å². The first-order valence-electron chi connectivity index (χ1n) is 7.14. The lowest BCUT2D eigenvalue weighted by Crippen LogP contribution is -2.07. The van der Waals surface area contributed by atoms with Crippen molar-refractivity contribution in [2.24, 2.45) is 5.92 Å². The summed E-state index contributed by atoms with van der Waals surface area (Å²) < 4.78 is 10.9. The van der Waals surface area contributed by atoms with Gasteiger partial charge in [-0.2, -0.15) is 0 Å². The molecular weight excluding hydrogens is 276 g/mol. The molecule has 110 valence electrons. The SMILES string of the molecule is O=c1cc(/C=C/C2C=CC=C2)occ1OCc1ccccc1. The Morgan fingerprint density at radius 2 is 1.91 bits per heavy atom. The number of benzene rings is 1. The van der Waals surface area contributed by atoms with E-state index in [2.05, 4.69) is 12.2 Å². The molecule has 1 aliphatic rings. The first kappa shape index (κ1) is 14.1. The Morgan fingerprint density at radius 3 is 2.64 bits per heavy atom. The first-order valence-corrected chi connectivity index (χ1v) is 7.14. The summed E-state index contributed by atoms with van der Waals surface area (Å²) in [6.45, 7) is 0.346. The summed E-state index contributed by atoms with van der Waals surface area (Å²) in [5, 5.41) is 0. The lowest BCUT2D eigenvalue weighted by Gasteiger charge is -2.05. The maximum Gasteiger partial charge on any atom is 0.227 e. The van der Waals surface area contributed by atoms with Crippen molar-refractivity contribution in [3.05, 3.63) is 94.6 Å². The van der Waals surface area contributed by atoms with E-state index in [4.69, 9.17) is 9.15 Å². The molecule has 3 rings (SSSR count).